The minimum absolute atomic E-state index is 0.0380. The number of aliphatic hydroxyl groups excluding tert-OH is 1. The van der Waals surface area contributed by atoms with Crippen molar-refractivity contribution in [2.45, 2.75) is 43.1 Å². The molecule has 2 saturated heterocycles. The molecule has 34 heavy (non-hydrogen) atoms. The van der Waals surface area contributed by atoms with Gasteiger partial charge in [-0.25, -0.2) is 22.9 Å². The summed E-state index contributed by atoms with van der Waals surface area (Å²) in [6, 6.07) is 3.57. The molecule has 1 aromatic carbocycles. The number of likely N-dealkylation sites (N-methyl/N-ethyl adjacent to an activating group) is 1. The topological polar surface area (TPSA) is 130 Å². The van der Waals surface area contributed by atoms with Gasteiger partial charge < -0.3 is 10.8 Å². The lowest BCUT2D eigenvalue weighted by atomic mass is 10.1. The Morgan fingerprint density at radius 2 is 1.97 bits per heavy atom. The van der Waals surface area contributed by atoms with Gasteiger partial charge >= 0.3 is 6.18 Å². The van der Waals surface area contributed by atoms with Crippen LogP contribution in [0.4, 0.5) is 19.0 Å². The van der Waals surface area contributed by atoms with Crippen molar-refractivity contribution in [2.75, 3.05) is 25.4 Å². The van der Waals surface area contributed by atoms with Crippen molar-refractivity contribution >= 4 is 21.5 Å². The van der Waals surface area contributed by atoms with E-state index in [1.54, 1.807) is 13.0 Å². The molecule has 14 heteroatoms. The minimum atomic E-state index is -4.83. The molecular formula is C20H22F3N7O3S. The lowest BCUT2D eigenvalue weighted by molar-refractivity contribution is -0.145. The van der Waals surface area contributed by atoms with Crippen LogP contribution in [0.1, 0.15) is 18.3 Å². The minimum Gasteiger partial charge on any atom is -0.390 e. The van der Waals surface area contributed by atoms with Gasteiger partial charge in [0.15, 0.2) is 11.5 Å². The molecule has 2 aromatic heterocycles. The van der Waals surface area contributed by atoms with Crippen LogP contribution < -0.4 is 5.73 Å². The largest absolute Gasteiger partial charge is 0.453 e. The first-order valence-electron chi connectivity index (χ1n) is 10.6. The average Bonchev–Trinajstić information content (AvgIpc) is 3.44. The number of likely N-dealkylation sites (tertiary alicyclic amines) is 1. The summed E-state index contributed by atoms with van der Waals surface area (Å²) in [6.45, 7) is 4.96. The maximum Gasteiger partial charge on any atom is 0.453 e. The number of hydrogen-bond donors (Lipinski definition) is 2. The number of alkyl halides is 3. The van der Waals surface area contributed by atoms with Crippen LogP contribution in [-0.2, 0) is 16.2 Å². The molecule has 0 aliphatic carbocycles. The Morgan fingerprint density at radius 1 is 1.24 bits per heavy atom. The van der Waals surface area contributed by atoms with E-state index in [9.17, 15) is 26.7 Å². The second-order valence-corrected chi connectivity index (χ2v) is 10.4. The number of rotatable bonds is 4. The number of nitrogens with two attached hydrogens (primary N) is 1. The number of imidazole rings is 1. The zero-order valence-corrected chi connectivity index (χ0v) is 19.0. The van der Waals surface area contributed by atoms with Crippen LogP contribution in [0, 0.1) is 6.92 Å². The number of benzene rings is 1. The Balaban J connectivity index is 1.58. The van der Waals surface area contributed by atoms with Gasteiger partial charge in [-0.15, -0.1) is 5.10 Å². The summed E-state index contributed by atoms with van der Waals surface area (Å²) in [6.07, 6.45) is -4.33. The number of piperazine rings is 1. The second-order valence-electron chi connectivity index (χ2n) is 8.46. The summed E-state index contributed by atoms with van der Waals surface area (Å²) in [5, 5.41) is 14.1. The van der Waals surface area contributed by atoms with Gasteiger partial charge in [-0.05, 0) is 31.2 Å². The molecule has 10 nitrogen and oxygen atoms in total. The predicted molar refractivity (Wildman–Crippen MR) is 115 cm³/mol. The van der Waals surface area contributed by atoms with Crippen LogP contribution in [0.2, 0.25) is 0 Å². The standard InChI is InChI=1S/C20H22F3N7O3S/c1-3-28-8-15-16(31)14(28)9-29(15)34(32,33)11-5-4-10(2)12(6-11)13-7-25-18-17(24)26-19(20(21,22)23)27-30(13)18/h4-7,14-16,31H,3,8-9H2,1-2H3,(H2,24,26,27). The average molecular weight is 498 g/mol. The van der Waals surface area contributed by atoms with Gasteiger partial charge in [0.1, 0.15) is 0 Å². The molecular weight excluding hydrogens is 475 g/mol. The Bertz CT molecular complexity index is 1390. The fourth-order valence-electron chi connectivity index (χ4n) is 4.78. The first-order valence-corrected chi connectivity index (χ1v) is 12.0. The lowest BCUT2D eigenvalue weighted by Gasteiger charge is -2.32. The maximum absolute atomic E-state index is 13.5. The number of aromatic nitrogens is 4. The first kappa shape index (κ1) is 23.0. The van der Waals surface area contributed by atoms with Crippen LogP contribution in [0.3, 0.4) is 0 Å². The van der Waals surface area contributed by atoms with E-state index in [1.807, 2.05) is 11.8 Å². The molecule has 5 rings (SSSR count). The van der Waals surface area contributed by atoms with Crippen LogP contribution in [0.25, 0.3) is 16.9 Å². The molecule has 2 fully saturated rings. The molecule has 2 bridgehead atoms. The van der Waals surface area contributed by atoms with Gasteiger partial charge in [-0.3, -0.25) is 4.90 Å². The number of hydrogen-bond acceptors (Lipinski definition) is 8. The highest BCUT2D eigenvalue weighted by molar-refractivity contribution is 7.89. The van der Waals surface area contributed by atoms with E-state index < -0.39 is 40.0 Å². The van der Waals surface area contributed by atoms with Gasteiger partial charge in [-0.2, -0.15) is 17.5 Å². The summed E-state index contributed by atoms with van der Waals surface area (Å²) in [5.41, 5.74) is 6.68. The summed E-state index contributed by atoms with van der Waals surface area (Å²) >= 11 is 0. The highest BCUT2D eigenvalue weighted by Gasteiger charge is 2.54. The van der Waals surface area contributed by atoms with E-state index in [0.29, 0.717) is 24.2 Å². The fourth-order valence-corrected chi connectivity index (χ4v) is 6.45. The summed E-state index contributed by atoms with van der Waals surface area (Å²) in [7, 11) is -3.98. The van der Waals surface area contributed by atoms with Crippen LogP contribution >= 0.6 is 0 Å². The molecule has 0 spiro atoms. The smallest absolute Gasteiger partial charge is 0.390 e. The first-order chi connectivity index (χ1) is 15.9. The number of fused-ring (bicyclic) bond motifs is 3. The van der Waals surface area contributed by atoms with Crippen molar-refractivity contribution in [3.05, 3.63) is 35.8 Å². The maximum atomic E-state index is 13.5. The molecule has 3 atom stereocenters. The van der Waals surface area contributed by atoms with Crippen LogP contribution in [0.5, 0.6) is 0 Å². The number of sulfonamides is 1. The molecule has 0 saturated carbocycles. The van der Waals surface area contributed by atoms with Crippen molar-refractivity contribution in [1.82, 2.24) is 28.8 Å². The van der Waals surface area contributed by atoms with E-state index in [4.69, 9.17) is 5.73 Å². The molecule has 3 aromatic rings. The van der Waals surface area contributed by atoms with E-state index in [-0.39, 0.29) is 28.8 Å². The monoisotopic (exact) mass is 497 g/mol. The molecule has 4 heterocycles. The zero-order chi connectivity index (χ0) is 24.6. The quantitative estimate of drug-likeness (QED) is 0.549. The number of nitrogen functional groups attached to an aromatic ring is 1. The van der Waals surface area contributed by atoms with Crippen LogP contribution in [-0.4, -0.2) is 80.1 Å². The van der Waals surface area contributed by atoms with E-state index in [0.717, 1.165) is 4.52 Å². The fraction of sp³-hybridized carbons (Fsp3) is 0.450. The predicted octanol–water partition coefficient (Wildman–Crippen LogP) is 1.14. The third-order valence-electron chi connectivity index (χ3n) is 6.56. The van der Waals surface area contributed by atoms with Gasteiger partial charge in [0.25, 0.3) is 5.82 Å². The Labute approximate surface area is 192 Å². The number of aryl methyl sites for hydroxylation is 1. The van der Waals surface area contributed by atoms with Gasteiger partial charge in [0.05, 0.1) is 35.0 Å². The van der Waals surface area contributed by atoms with Crippen molar-refractivity contribution in [3.8, 4) is 11.3 Å². The molecule has 0 radical (unpaired) electrons. The van der Waals surface area contributed by atoms with E-state index >= 15 is 0 Å². The van der Waals surface area contributed by atoms with Crippen molar-refractivity contribution < 1.29 is 26.7 Å². The second kappa shape index (κ2) is 7.60. The SMILES string of the molecule is CCN1CC2C(O)C1CN2S(=O)(=O)c1ccc(C)c(-c2cnc3c(N)nc(C(F)(F)F)nn23)c1. The highest BCUT2D eigenvalue weighted by Crippen LogP contribution is 2.37. The number of anilines is 1. The van der Waals surface area contributed by atoms with Crippen molar-refractivity contribution in [2.24, 2.45) is 0 Å². The molecule has 3 N–H and O–H groups in total. The van der Waals surface area contributed by atoms with Crippen molar-refractivity contribution in [3.63, 3.8) is 0 Å². The Kier molecular flexibility index (Phi) is 5.13. The summed E-state index contributed by atoms with van der Waals surface area (Å²) in [5.74, 6) is -1.88. The van der Waals surface area contributed by atoms with E-state index in [2.05, 4.69) is 15.1 Å². The number of aliphatic hydroxyl groups is 1. The molecule has 2 aliphatic heterocycles. The van der Waals surface area contributed by atoms with Gasteiger partial charge in [0.2, 0.25) is 10.0 Å². The number of nitrogens with zero attached hydrogens (tertiary/aromatic N) is 6. The summed E-state index contributed by atoms with van der Waals surface area (Å²) < 4.78 is 68.9. The zero-order valence-electron chi connectivity index (χ0n) is 18.2. The van der Waals surface area contributed by atoms with Gasteiger partial charge in [0, 0.05) is 18.7 Å². The normalized spacial score (nSPS) is 23.9. The molecule has 182 valence electrons. The highest BCUT2D eigenvalue weighted by atomic mass is 32.2. The van der Waals surface area contributed by atoms with Crippen LogP contribution in [0.15, 0.2) is 29.3 Å². The third-order valence-corrected chi connectivity index (χ3v) is 8.44. The third kappa shape index (κ3) is 3.35. The molecule has 3 unspecified atom stereocenters. The molecule has 2 aliphatic rings. The summed E-state index contributed by atoms with van der Waals surface area (Å²) in [4.78, 5) is 9.32. The van der Waals surface area contributed by atoms with Gasteiger partial charge in [-0.1, -0.05) is 13.0 Å². The Morgan fingerprint density at radius 3 is 2.59 bits per heavy atom. The lowest BCUT2D eigenvalue weighted by Crippen LogP contribution is -2.48. The number of halogens is 3. The molecule has 0 amide bonds. The van der Waals surface area contributed by atoms with Crippen molar-refractivity contribution in [1.29, 1.82) is 0 Å². The Hall–Kier alpha value is -2.81. The van der Waals surface area contributed by atoms with E-state index in [1.165, 1.54) is 22.6 Å².